The van der Waals surface area contributed by atoms with Gasteiger partial charge in [-0.2, -0.15) is 13.2 Å². The molecule has 1 aromatic heterocycles. The molecule has 2 N–H and O–H groups in total. The van der Waals surface area contributed by atoms with E-state index in [0.29, 0.717) is 44.3 Å². The molecule has 2 fully saturated rings. The third-order valence-electron chi connectivity index (χ3n) is 7.92. The molecule has 5 rings (SSSR count). The van der Waals surface area contributed by atoms with Crippen molar-refractivity contribution in [1.82, 2.24) is 15.3 Å². The summed E-state index contributed by atoms with van der Waals surface area (Å²) < 4.78 is 74.6. The van der Waals surface area contributed by atoms with Crippen molar-refractivity contribution in [3.8, 4) is 0 Å². The lowest BCUT2D eigenvalue weighted by atomic mass is 9.95. The minimum absolute atomic E-state index is 0.0133. The maximum absolute atomic E-state index is 13.1. The number of halogens is 3. The fourth-order valence-electron chi connectivity index (χ4n) is 5.20. The zero-order valence-electron chi connectivity index (χ0n) is 23.9. The summed E-state index contributed by atoms with van der Waals surface area (Å²) in [6.07, 6.45) is -1.08. The number of nitrogens with one attached hydrogen (secondary N) is 1. The summed E-state index contributed by atoms with van der Waals surface area (Å²) in [5, 5.41) is 12.6. The lowest BCUT2D eigenvalue weighted by molar-refractivity contribution is -0.137. The Hall–Kier alpha value is -3.59. The number of hydrogen-bond donors (Lipinski definition) is 2. The van der Waals surface area contributed by atoms with Crippen molar-refractivity contribution >= 4 is 21.7 Å². The number of aliphatic hydroxyl groups excluding tert-OH is 1. The summed E-state index contributed by atoms with van der Waals surface area (Å²) >= 11 is 0. The molecular weight excluding hydrogens is 601 g/mol. The van der Waals surface area contributed by atoms with Crippen molar-refractivity contribution in [1.29, 1.82) is 0 Å². The number of carbonyl (C=O) groups excluding carboxylic acids is 1. The van der Waals surface area contributed by atoms with Crippen LogP contribution in [0.5, 0.6) is 0 Å². The summed E-state index contributed by atoms with van der Waals surface area (Å²) in [5.41, 5.74) is 0.738. The number of anilines is 1. The molecule has 0 spiro atoms. The van der Waals surface area contributed by atoms with Gasteiger partial charge in [0.25, 0.3) is 5.91 Å². The van der Waals surface area contributed by atoms with Crippen molar-refractivity contribution in [2.45, 2.75) is 48.5 Å². The number of hydrogen-bond acceptors (Lipinski definition) is 9. The Morgan fingerprint density at radius 3 is 2.32 bits per heavy atom. The number of aromatic nitrogens is 2. The van der Waals surface area contributed by atoms with Crippen molar-refractivity contribution in [2.75, 3.05) is 43.6 Å². The van der Waals surface area contributed by atoms with Crippen LogP contribution in [-0.4, -0.2) is 80.3 Å². The Balaban J connectivity index is 1.28. The maximum atomic E-state index is 13.1. The summed E-state index contributed by atoms with van der Waals surface area (Å²) in [4.78, 5) is 23.9. The second-order valence-corrected chi connectivity index (χ2v) is 13.1. The SMILES string of the molecule is CCS(=O)(=O)c1ccc([C@H](CO)NC(=O)c2cnc(N3CC(c4ccc(C(F)(F)F)cc4)C[C@H]3COC3COC3)nc2)cc1. The van der Waals surface area contributed by atoms with E-state index in [1.165, 1.54) is 36.7 Å². The van der Waals surface area contributed by atoms with Crippen LogP contribution in [-0.2, 0) is 25.5 Å². The monoisotopic (exact) mass is 634 g/mol. The van der Waals surface area contributed by atoms with Gasteiger partial charge in [0.15, 0.2) is 9.84 Å². The first-order chi connectivity index (χ1) is 21.0. The van der Waals surface area contributed by atoms with Crippen LogP contribution in [0.2, 0.25) is 0 Å². The minimum Gasteiger partial charge on any atom is -0.394 e. The van der Waals surface area contributed by atoms with Gasteiger partial charge in [-0.1, -0.05) is 31.2 Å². The van der Waals surface area contributed by atoms with E-state index in [4.69, 9.17) is 9.47 Å². The summed E-state index contributed by atoms with van der Waals surface area (Å²) in [6, 6.07) is 10.2. The zero-order valence-corrected chi connectivity index (χ0v) is 24.7. The van der Waals surface area contributed by atoms with E-state index < -0.39 is 40.1 Å². The lowest BCUT2D eigenvalue weighted by Crippen LogP contribution is -2.41. The van der Waals surface area contributed by atoms with E-state index in [-0.39, 0.29) is 34.3 Å². The highest BCUT2D eigenvalue weighted by Crippen LogP contribution is 2.36. The highest BCUT2D eigenvalue weighted by atomic mass is 32.2. The molecule has 2 aromatic carbocycles. The molecule has 3 aromatic rings. The highest BCUT2D eigenvalue weighted by molar-refractivity contribution is 7.91. The fourth-order valence-corrected chi connectivity index (χ4v) is 6.08. The number of amides is 1. The summed E-state index contributed by atoms with van der Waals surface area (Å²) in [6.45, 7) is 2.94. The Morgan fingerprint density at radius 2 is 1.77 bits per heavy atom. The van der Waals surface area contributed by atoms with E-state index in [2.05, 4.69) is 15.3 Å². The van der Waals surface area contributed by atoms with Gasteiger partial charge in [0.05, 0.1) is 60.3 Å². The van der Waals surface area contributed by atoms with Crippen LogP contribution in [0, 0.1) is 0 Å². The predicted octanol–water partition coefficient (Wildman–Crippen LogP) is 3.53. The molecule has 1 unspecified atom stereocenters. The molecular formula is C30H33F3N4O6S. The molecule has 0 radical (unpaired) electrons. The number of carbonyl (C=O) groups is 1. The molecule has 2 aliphatic heterocycles. The summed E-state index contributed by atoms with van der Waals surface area (Å²) in [7, 11) is -3.39. The molecule has 3 heterocycles. The average molecular weight is 635 g/mol. The van der Waals surface area contributed by atoms with Crippen molar-refractivity contribution in [2.24, 2.45) is 0 Å². The third-order valence-corrected chi connectivity index (χ3v) is 9.67. The largest absolute Gasteiger partial charge is 0.416 e. The topological polar surface area (TPSA) is 131 Å². The van der Waals surface area contributed by atoms with E-state index in [0.717, 1.165) is 17.7 Å². The summed E-state index contributed by atoms with van der Waals surface area (Å²) in [5.74, 6) is -0.312. The van der Waals surface area contributed by atoms with E-state index in [1.807, 2.05) is 4.90 Å². The van der Waals surface area contributed by atoms with E-state index in [1.54, 1.807) is 19.1 Å². The van der Waals surface area contributed by atoms with Gasteiger partial charge < -0.3 is 24.8 Å². The van der Waals surface area contributed by atoms with Crippen molar-refractivity contribution in [3.05, 3.63) is 83.2 Å². The van der Waals surface area contributed by atoms with E-state index >= 15 is 0 Å². The number of alkyl halides is 3. The molecule has 14 heteroatoms. The van der Waals surface area contributed by atoms with Crippen LogP contribution in [0.15, 0.2) is 65.8 Å². The standard InChI is InChI=1S/C30H33F3N4O6S/c1-2-44(40,41)26-9-5-20(6-10-26)27(15-38)36-28(39)22-12-34-29(35-13-22)37-14-21(11-24(37)16-43-25-17-42-18-25)19-3-7-23(8-4-19)30(31,32)33/h3-10,12-13,21,24-25,27,38H,2,11,14-18H2,1H3,(H,36,39)/t21?,24-,27-/m0/s1. The van der Waals surface area contributed by atoms with Crippen LogP contribution in [0.1, 0.15) is 52.4 Å². The van der Waals surface area contributed by atoms with Gasteiger partial charge in [0.2, 0.25) is 5.95 Å². The molecule has 2 saturated heterocycles. The van der Waals surface area contributed by atoms with Gasteiger partial charge in [0, 0.05) is 24.9 Å². The molecule has 1 amide bonds. The second kappa shape index (κ2) is 13.2. The number of aliphatic hydroxyl groups is 1. The number of benzene rings is 2. The van der Waals surface area contributed by atoms with Crippen LogP contribution in [0.25, 0.3) is 0 Å². The Kier molecular flexibility index (Phi) is 9.53. The Morgan fingerprint density at radius 1 is 1.11 bits per heavy atom. The molecule has 2 aliphatic rings. The zero-order chi connectivity index (χ0) is 31.5. The molecule has 10 nitrogen and oxygen atoms in total. The first-order valence-corrected chi connectivity index (χ1v) is 15.8. The van der Waals surface area contributed by atoms with Gasteiger partial charge in [-0.3, -0.25) is 4.79 Å². The quantitative estimate of drug-likeness (QED) is 0.325. The van der Waals surface area contributed by atoms with Crippen LogP contribution in [0.4, 0.5) is 19.1 Å². The van der Waals surface area contributed by atoms with Gasteiger partial charge >= 0.3 is 6.18 Å². The molecule has 0 saturated carbocycles. The van der Waals surface area contributed by atoms with Crippen molar-refractivity contribution < 1.29 is 41.0 Å². The molecule has 0 bridgehead atoms. The highest BCUT2D eigenvalue weighted by Gasteiger charge is 2.37. The number of sulfone groups is 1. The molecule has 236 valence electrons. The molecule has 3 atom stereocenters. The van der Waals surface area contributed by atoms with Crippen LogP contribution >= 0.6 is 0 Å². The minimum atomic E-state index is -4.41. The first-order valence-electron chi connectivity index (χ1n) is 14.2. The number of ether oxygens (including phenoxy) is 2. The van der Waals surface area contributed by atoms with E-state index in [9.17, 15) is 31.5 Å². The van der Waals surface area contributed by atoms with Gasteiger partial charge in [-0.05, 0) is 41.8 Å². The fraction of sp³-hybridized carbons (Fsp3) is 0.433. The lowest BCUT2D eigenvalue weighted by Gasteiger charge is -2.30. The predicted molar refractivity (Wildman–Crippen MR) is 154 cm³/mol. The maximum Gasteiger partial charge on any atom is 0.416 e. The average Bonchev–Trinajstić information content (AvgIpc) is 3.43. The Bertz CT molecular complexity index is 1530. The van der Waals surface area contributed by atoms with Gasteiger partial charge in [-0.15, -0.1) is 0 Å². The van der Waals surface area contributed by atoms with Gasteiger partial charge in [-0.25, -0.2) is 18.4 Å². The first kappa shape index (κ1) is 31.8. The Labute approximate surface area is 253 Å². The second-order valence-electron chi connectivity index (χ2n) is 10.8. The number of nitrogens with zero attached hydrogens (tertiary/aromatic N) is 3. The van der Waals surface area contributed by atoms with Crippen LogP contribution < -0.4 is 10.2 Å². The molecule has 0 aliphatic carbocycles. The van der Waals surface area contributed by atoms with Crippen molar-refractivity contribution in [3.63, 3.8) is 0 Å². The van der Waals surface area contributed by atoms with Crippen LogP contribution in [0.3, 0.4) is 0 Å². The normalized spacial score (nSPS) is 19.9. The smallest absolute Gasteiger partial charge is 0.394 e. The van der Waals surface area contributed by atoms with Gasteiger partial charge in [0.1, 0.15) is 6.10 Å². The third kappa shape index (κ3) is 7.20. The number of rotatable bonds is 11. The molecule has 44 heavy (non-hydrogen) atoms.